The molecular weight excluding hydrogens is 272 g/mol. The van der Waals surface area contributed by atoms with Gasteiger partial charge in [-0.15, -0.1) is 0 Å². The average molecular weight is 298 g/mol. The molecule has 0 bridgehead atoms. The van der Waals surface area contributed by atoms with E-state index in [9.17, 15) is 14.4 Å². The fourth-order valence-electron chi connectivity index (χ4n) is 2.67. The van der Waals surface area contributed by atoms with Gasteiger partial charge >= 0.3 is 5.97 Å². The molecule has 0 aromatic rings. The second-order valence-electron chi connectivity index (χ2n) is 5.75. The van der Waals surface area contributed by atoms with E-state index in [1.54, 1.807) is 11.8 Å². The molecule has 0 aromatic heterocycles. The summed E-state index contributed by atoms with van der Waals surface area (Å²) in [5.41, 5.74) is -1.03. The lowest BCUT2D eigenvalue weighted by molar-refractivity contribution is -0.151. The number of carbonyl (C=O) groups excluding carboxylic acids is 3. The molecule has 1 saturated heterocycles. The molecule has 21 heavy (non-hydrogen) atoms. The molecule has 0 radical (unpaired) electrons. The van der Waals surface area contributed by atoms with Crippen molar-refractivity contribution in [3.63, 3.8) is 0 Å². The minimum Gasteiger partial charge on any atom is -0.467 e. The van der Waals surface area contributed by atoms with Crippen LogP contribution in [0.5, 0.6) is 0 Å². The summed E-state index contributed by atoms with van der Waals surface area (Å²) in [5.74, 6) is -0.760. The van der Waals surface area contributed by atoms with Crippen molar-refractivity contribution in [3.05, 3.63) is 0 Å². The molecule has 1 rings (SSSR count). The second-order valence-corrected chi connectivity index (χ2v) is 5.75. The van der Waals surface area contributed by atoms with Crippen LogP contribution in [0.25, 0.3) is 0 Å². The maximum atomic E-state index is 12.2. The molecule has 6 heteroatoms. The highest BCUT2D eigenvalue weighted by molar-refractivity contribution is 5.90. The predicted octanol–water partition coefficient (Wildman–Crippen LogP) is 1.24. The van der Waals surface area contributed by atoms with Crippen LogP contribution in [0.3, 0.4) is 0 Å². The SMILES string of the molecule is CCCC(C)(NC(=O)CN1CCCCCC1=O)C(=O)OC. The molecule has 0 aliphatic carbocycles. The number of rotatable bonds is 6. The summed E-state index contributed by atoms with van der Waals surface area (Å²) in [6.45, 7) is 4.21. The molecule has 2 amide bonds. The fraction of sp³-hybridized carbons (Fsp3) is 0.800. The Morgan fingerprint density at radius 3 is 2.67 bits per heavy atom. The first-order chi connectivity index (χ1) is 9.92. The van der Waals surface area contributed by atoms with Gasteiger partial charge < -0.3 is 15.0 Å². The number of methoxy groups -OCH3 is 1. The van der Waals surface area contributed by atoms with Crippen molar-refractivity contribution < 1.29 is 19.1 Å². The van der Waals surface area contributed by atoms with Gasteiger partial charge in [-0.25, -0.2) is 4.79 Å². The van der Waals surface area contributed by atoms with Gasteiger partial charge in [0.25, 0.3) is 0 Å². The van der Waals surface area contributed by atoms with E-state index in [1.807, 2.05) is 6.92 Å². The highest BCUT2D eigenvalue weighted by Crippen LogP contribution is 2.15. The van der Waals surface area contributed by atoms with Crippen molar-refractivity contribution in [3.8, 4) is 0 Å². The summed E-state index contributed by atoms with van der Waals surface area (Å²) < 4.78 is 4.77. The largest absolute Gasteiger partial charge is 0.467 e. The number of esters is 1. The van der Waals surface area contributed by atoms with Crippen molar-refractivity contribution in [2.75, 3.05) is 20.2 Å². The maximum absolute atomic E-state index is 12.2. The smallest absolute Gasteiger partial charge is 0.331 e. The Kier molecular flexibility index (Phi) is 6.65. The molecule has 1 aliphatic heterocycles. The quantitative estimate of drug-likeness (QED) is 0.749. The van der Waals surface area contributed by atoms with E-state index in [0.29, 0.717) is 19.4 Å². The number of amides is 2. The van der Waals surface area contributed by atoms with Crippen LogP contribution in [0, 0.1) is 0 Å². The van der Waals surface area contributed by atoms with E-state index < -0.39 is 11.5 Å². The molecule has 1 N–H and O–H groups in total. The minimum atomic E-state index is -1.03. The van der Waals surface area contributed by atoms with E-state index in [2.05, 4.69) is 5.32 Å². The first kappa shape index (κ1) is 17.5. The van der Waals surface area contributed by atoms with Gasteiger partial charge in [-0.1, -0.05) is 19.8 Å². The van der Waals surface area contributed by atoms with Gasteiger partial charge in [0.2, 0.25) is 11.8 Å². The summed E-state index contributed by atoms with van der Waals surface area (Å²) >= 11 is 0. The molecule has 120 valence electrons. The molecule has 1 fully saturated rings. The van der Waals surface area contributed by atoms with E-state index in [-0.39, 0.29) is 18.4 Å². The number of likely N-dealkylation sites (tertiary alicyclic amines) is 1. The van der Waals surface area contributed by atoms with Crippen LogP contribution in [0.1, 0.15) is 52.4 Å². The first-order valence-electron chi connectivity index (χ1n) is 7.60. The number of nitrogens with zero attached hydrogens (tertiary/aromatic N) is 1. The standard InChI is InChI=1S/C15H26N2O4/c1-4-9-15(2,14(20)21-3)16-12(18)11-17-10-7-5-6-8-13(17)19/h4-11H2,1-3H3,(H,16,18). The molecule has 1 atom stereocenters. The van der Waals surface area contributed by atoms with Gasteiger partial charge in [0.05, 0.1) is 13.7 Å². The molecule has 0 saturated carbocycles. The van der Waals surface area contributed by atoms with Gasteiger partial charge in [-0.2, -0.15) is 0 Å². The van der Waals surface area contributed by atoms with Crippen molar-refractivity contribution in [1.82, 2.24) is 10.2 Å². The molecular formula is C15H26N2O4. The third kappa shape index (κ3) is 5.02. The minimum absolute atomic E-state index is 0.00906. The third-order valence-electron chi connectivity index (χ3n) is 3.81. The van der Waals surface area contributed by atoms with Gasteiger partial charge in [0.15, 0.2) is 0 Å². The van der Waals surface area contributed by atoms with Crippen molar-refractivity contribution in [1.29, 1.82) is 0 Å². The van der Waals surface area contributed by atoms with Gasteiger partial charge in [-0.05, 0) is 26.2 Å². The lowest BCUT2D eigenvalue weighted by atomic mass is 9.96. The van der Waals surface area contributed by atoms with E-state index >= 15 is 0 Å². The monoisotopic (exact) mass is 298 g/mol. The van der Waals surface area contributed by atoms with Gasteiger partial charge in [-0.3, -0.25) is 9.59 Å². The van der Waals surface area contributed by atoms with Crippen LogP contribution in [-0.4, -0.2) is 48.4 Å². The normalized spacial score (nSPS) is 18.6. The highest BCUT2D eigenvalue weighted by atomic mass is 16.5. The van der Waals surface area contributed by atoms with Crippen LogP contribution in [0.15, 0.2) is 0 Å². The van der Waals surface area contributed by atoms with Crippen LogP contribution in [0.4, 0.5) is 0 Å². The van der Waals surface area contributed by atoms with Crippen LogP contribution >= 0.6 is 0 Å². The Balaban J connectivity index is 2.64. The molecule has 0 aromatic carbocycles. The summed E-state index contributed by atoms with van der Waals surface area (Å²) in [4.78, 5) is 37.5. The van der Waals surface area contributed by atoms with Crippen LogP contribution < -0.4 is 5.32 Å². The zero-order valence-electron chi connectivity index (χ0n) is 13.2. The summed E-state index contributed by atoms with van der Waals surface area (Å²) in [5, 5.41) is 2.73. The summed E-state index contributed by atoms with van der Waals surface area (Å²) in [6.07, 6.45) is 4.55. The van der Waals surface area contributed by atoms with Gasteiger partial charge in [0, 0.05) is 13.0 Å². The summed E-state index contributed by atoms with van der Waals surface area (Å²) in [6, 6.07) is 0. The Labute approximate surface area is 126 Å². The first-order valence-corrected chi connectivity index (χ1v) is 7.60. The maximum Gasteiger partial charge on any atom is 0.331 e. The zero-order chi connectivity index (χ0) is 15.9. The molecule has 1 aliphatic rings. The number of hydrogen-bond donors (Lipinski definition) is 1. The van der Waals surface area contributed by atoms with E-state index in [4.69, 9.17) is 4.74 Å². The highest BCUT2D eigenvalue weighted by Gasteiger charge is 2.35. The Morgan fingerprint density at radius 2 is 2.05 bits per heavy atom. The summed E-state index contributed by atoms with van der Waals surface area (Å²) in [7, 11) is 1.31. The molecule has 1 heterocycles. The van der Waals surface area contributed by atoms with Gasteiger partial charge in [0.1, 0.15) is 5.54 Å². The fourth-order valence-corrected chi connectivity index (χ4v) is 2.67. The number of nitrogens with one attached hydrogen (secondary N) is 1. The second kappa shape index (κ2) is 8.00. The van der Waals surface area contributed by atoms with E-state index in [1.165, 1.54) is 7.11 Å². The van der Waals surface area contributed by atoms with Crippen molar-refractivity contribution >= 4 is 17.8 Å². The Bertz CT molecular complexity index is 397. The zero-order valence-corrected chi connectivity index (χ0v) is 13.2. The lowest BCUT2D eigenvalue weighted by Crippen LogP contribution is -2.55. The predicted molar refractivity (Wildman–Crippen MR) is 78.5 cm³/mol. The van der Waals surface area contributed by atoms with Crippen LogP contribution in [-0.2, 0) is 19.1 Å². The Hall–Kier alpha value is -1.59. The van der Waals surface area contributed by atoms with E-state index in [0.717, 1.165) is 25.7 Å². The topological polar surface area (TPSA) is 75.7 Å². The number of hydrogen-bond acceptors (Lipinski definition) is 4. The van der Waals surface area contributed by atoms with Crippen molar-refractivity contribution in [2.45, 2.75) is 57.9 Å². The van der Waals surface area contributed by atoms with Crippen molar-refractivity contribution in [2.24, 2.45) is 0 Å². The molecule has 1 unspecified atom stereocenters. The van der Waals surface area contributed by atoms with Crippen LogP contribution in [0.2, 0.25) is 0 Å². The number of carbonyl (C=O) groups is 3. The molecule has 0 spiro atoms. The molecule has 6 nitrogen and oxygen atoms in total. The third-order valence-corrected chi connectivity index (χ3v) is 3.81. The average Bonchev–Trinajstić information content (AvgIpc) is 2.63. The Morgan fingerprint density at radius 1 is 1.33 bits per heavy atom. The lowest BCUT2D eigenvalue weighted by Gasteiger charge is -2.29. The number of ether oxygens (including phenoxy) is 1.